The molecule has 0 aliphatic rings. The van der Waals surface area contributed by atoms with Gasteiger partial charge in [0.05, 0.1) is 7.11 Å². The fourth-order valence-electron chi connectivity index (χ4n) is 2.02. The number of anilines is 2. The molecule has 0 bridgehead atoms. The number of benzene rings is 2. The standard InChI is InChI=1S/C17H16FN3OS2/c1-11-3-6-13(7-4-11)19-16-20-21-17(24-16)23-10-12-5-8-15(22-2)14(18)9-12/h3-9H,10H2,1-2H3,(H,19,20). The average Bonchev–Trinajstić information content (AvgIpc) is 3.03. The molecule has 0 unspecified atom stereocenters. The molecule has 3 rings (SSSR count). The molecule has 1 heterocycles. The molecule has 0 amide bonds. The summed E-state index contributed by atoms with van der Waals surface area (Å²) in [6.45, 7) is 2.05. The van der Waals surface area contributed by atoms with Crippen LogP contribution >= 0.6 is 23.1 Å². The molecule has 1 N–H and O–H groups in total. The van der Waals surface area contributed by atoms with Crippen molar-refractivity contribution in [3.63, 3.8) is 0 Å². The Labute approximate surface area is 148 Å². The number of aryl methyl sites for hydroxylation is 1. The summed E-state index contributed by atoms with van der Waals surface area (Å²) >= 11 is 3.00. The Morgan fingerprint density at radius 1 is 1.17 bits per heavy atom. The van der Waals surface area contributed by atoms with Crippen molar-refractivity contribution in [2.24, 2.45) is 0 Å². The van der Waals surface area contributed by atoms with Gasteiger partial charge in [0.25, 0.3) is 0 Å². The van der Waals surface area contributed by atoms with E-state index >= 15 is 0 Å². The molecule has 0 aliphatic heterocycles. The van der Waals surface area contributed by atoms with Crippen LogP contribution in [0, 0.1) is 12.7 Å². The maximum absolute atomic E-state index is 13.7. The first-order valence-electron chi connectivity index (χ1n) is 7.26. The van der Waals surface area contributed by atoms with E-state index in [1.807, 2.05) is 37.3 Å². The molecule has 0 fully saturated rings. The summed E-state index contributed by atoms with van der Waals surface area (Å²) < 4.78 is 19.4. The summed E-state index contributed by atoms with van der Waals surface area (Å²) in [6, 6.07) is 13.1. The van der Waals surface area contributed by atoms with Crippen LogP contribution in [0.5, 0.6) is 5.75 Å². The van der Waals surface area contributed by atoms with Gasteiger partial charge in [0.2, 0.25) is 5.13 Å². The minimum Gasteiger partial charge on any atom is -0.494 e. The minimum absolute atomic E-state index is 0.254. The molecule has 1 aromatic heterocycles. The third kappa shape index (κ3) is 4.24. The van der Waals surface area contributed by atoms with E-state index in [9.17, 15) is 4.39 Å². The highest BCUT2D eigenvalue weighted by Crippen LogP contribution is 2.30. The van der Waals surface area contributed by atoms with Crippen molar-refractivity contribution in [2.45, 2.75) is 17.0 Å². The Bertz CT molecular complexity index is 821. The van der Waals surface area contributed by atoms with Gasteiger partial charge in [-0.1, -0.05) is 46.9 Å². The molecular formula is C17H16FN3OS2. The third-order valence-corrected chi connectivity index (χ3v) is 5.33. The zero-order valence-corrected chi connectivity index (χ0v) is 14.9. The van der Waals surface area contributed by atoms with E-state index in [1.54, 1.807) is 6.07 Å². The number of aromatic nitrogens is 2. The van der Waals surface area contributed by atoms with Crippen LogP contribution in [0.25, 0.3) is 0 Å². The van der Waals surface area contributed by atoms with Gasteiger partial charge in [0.1, 0.15) is 0 Å². The monoisotopic (exact) mass is 361 g/mol. The van der Waals surface area contributed by atoms with Crippen LogP contribution in [0.3, 0.4) is 0 Å². The average molecular weight is 361 g/mol. The fraction of sp³-hybridized carbons (Fsp3) is 0.176. The van der Waals surface area contributed by atoms with Crippen molar-refractivity contribution in [1.82, 2.24) is 10.2 Å². The van der Waals surface area contributed by atoms with Gasteiger partial charge in [-0.25, -0.2) is 4.39 Å². The van der Waals surface area contributed by atoms with Gasteiger partial charge in [-0.2, -0.15) is 0 Å². The Hall–Kier alpha value is -2.12. The predicted molar refractivity (Wildman–Crippen MR) is 96.9 cm³/mol. The van der Waals surface area contributed by atoms with Crippen LogP contribution in [0.1, 0.15) is 11.1 Å². The molecule has 0 radical (unpaired) electrons. The molecule has 0 spiro atoms. The van der Waals surface area contributed by atoms with E-state index < -0.39 is 0 Å². The van der Waals surface area contributed by atoms with Gasteiger partial charge < -0.3 is 10.1 Å². The summed E-state index contributed by atoms with van der Waals surface area (Å²) in [5.74, 6) is 0.527. The number of methoxy groups -OCH3 is 1. The Kier molecular flexibility index (Phi) is 5.32. The highest BCUT2D eigenvalue weighted by Gasteiger charge is 2.08. The molecule has 124 valence electrons. The number of thioether (sulfide) groups is 1. The van der Waals surface area contributed by atoms with Gasteiger partial charge in [-0.05, 0) is 36.8 Å². The number of nitrogens with one attached hydrogen (secondary N) is 1. The van der Waals surface area contributed by atoms with E-state index in [-0.39, 0.29) is 11.6 Å². The first kappa shape index (κ1) is 16.7. The topological polar surface area (TPSA) is 47.0 Å². The molecule has 2 aromatic carbocycles. The van der Waals surface area contributed by atoms with Crippen LogP contribution in [0.4, 0.5) is 15.2 Å². The molecular weight excluding hydrogens is 345 g/mol. The number of rotatable bonds is 6. The van der Waals surface area contributed by atoms with Crippen molar-refractivity contribution >= 4 is 33.9 Å². The lowest BCUT2D eigenvalue weighted by atomic mass is 10.2. The van der Waals surface area contributed by atoms with Crippen LogP contribution in [0.2, 0.25) is 0 Å². The van der Waals surface area contributed by atoms with Crippen molar-refractivity contribution < 1.29 is 9.13 Å². The number of hydrogen-bond donors (Lipinski definition) is 1. The van der Waals surface area contributed by atoms with Crippen LogP contribution in [0.15, 0.2) is 46.8 Å². The van der Waals surface area contributed by atoms with Gasteiger partial charge in [0.15, 0.2) is 15.9 Å². The second-order valence-corrected chi connectivity index (χ2v) is 7.32. The maximum atomic E-state index is 13.7. The lowest BCUT2D eigenvalue weighted by Crippen LogP contribution is -1.89. The number of hydrogen-bond acceptors (Lipinski definition) is 6. The lowest BCUT2D eigenvalue weighted by molar-refractivity contribution is 0.386. The molecule has 24 heavy (non-hydrogen) atoms. The Balaban J connectivity index is 1.59. The number of ether oxygens (including phenoxy) is 1. The lowest BCUT2D eigenvalue weighted by Gasteiger charge is -2.04. The highest BCUT2D eigenvalue weighted by molar-refractivity contribution is 8.00. The van der Waals surface area contributed by atoms with Gasteiger partial charge in [-0.15, -0.1) is 10.2 Å². The van der Waals surface area contributed by atoms with Crippen LogP contribution in [-0.4, -0.2) is 17.3 Å². The number of nitrogens with zero attached hydrogens (tertiary/aromatic N) is 2. The zero-order chi connectivity index (χ0) is 16.9. The van der Waals surface area contributed by atoms with Crippen LogP contribution in [-0.2, 0) is 5.75 Å². The van der Waals surface area contributed by atoms with E-state index in [0.29, 0.717) is 5.75 Å². The molecule has 3 aromatic rings. The maximum Gasteiger partial charge on any atom is 0.210 e. The van der Waals surface area contributed by atoms with Gasteiger partial charge in [-0.3, -0.25) is 0 Å². The van der Waals surface area contributed by atoms with E-state index in [0.717, 1.165) is 20.7 Å². The second kappa shape index (κ2) is 7.63. The fourth-order valence-corrected chi connectivity index (χ4v) is 3.74. The Morgan fingerprint density at radius 2 is 1.96 bits per heavy atom. The third-order valence-electron chi connectivity index (χ3n) is 3.29. The van der Waals surface area contributed by atoms with E-state index in [2.05, 4.69) is 15.5 Å². The minimum atomic E-state index is -0.352. The first-order valence-corrected chi connectivity index (χ1v) is 9.06. The smallest absolute Gasteiger partial charge is 0.210 e. The molecule has 0 aliphatic carbocycles. The van der Waals surface area contributed by atoms with E-state index in [1.165, 1.54) is 41.8 Å². The van der Waals surface area contributed by atoms with Crippen molar-refractivity contribution in [3.05, 3.63) is 59.4 Å². The summed E-state index contributed by atoms with van der Waals surface area (Å²) in [7, 11) is 1.46. The number of halogens is 1. The highest BCUT2D eigenvalue weighted by atomic mass is 32.2. The Morgan fingerprint density at radius 3 is 2.67 bits per heavy atom. The summed E-state index contributed by atoms with van der Waals surface area (Å²) in [5, 5.41) is 12.3. The largest absolute Gasteiger partial charge is 0.494 e. The van der Waals surface area contributed by atoms with Crippen LogP contribution < -0.4 is 10.1 Å². The van der Waals surface area contributed by atoms with Crippen molar-refractivity contribution in [2.75, 3.05) is 12.4 Å². The summed E-state index contributed by atoms with van der Waals surface area (Å²) in [4.78, 5) is 0. The van der Waals surface area contributed by atoms with Crippen molar-refractivity contribution in [1.29, 1.82) is 0 Å². The second-order valence-electron chi connectivity index (χ2n) is 5.12. The molecule has 0 atom stereocenters. The molecule has 4 nitrogen and oxygen atoms in total. The van der Waals surface area contributed by atoms with Crippen molar-refractivity contribution in [3.8, 4) is 5.75 Å². The molecule has 7 heteroatoms. The predicted octanol–water partition coefficient (Wildman–Crippen LogP) is 5.03. The molecule has 0 saturated carbocycles. The molecule has 0 saturated heterocycles. The quantitative estimate of drug-likeness (QED) is 0.624. The van der Waals surface area contributed by atoms with Gasteiger partial charge >= 0.3 is 0 Å². The van der Waals surface area contributed by atoms with E-state index in [4.69, 9.17) is 4.74 Å². The first-order chi connectivity index (χ1) is 11.6. The SMILES string of the molecule is COc1ccc(CSc2nnc(Nc3ccc(C)cc3)s2)cc1F. The summed E-state index contributed by atoms with van der Waals surface area (Å²) in [6.07, 6.45) is 0. The zero-order valence-electron chi connectivity index (χ0n) is 13.2. The summed E-state index contributed by atoms with van der Waals surface area (Å²) in [5.41, 5.74) is 3.06. The normalized spacial score (nSPS) is 10.6. The van der Waals surface area contributed by atoms with Gasteiger partial charge in [0, 0.05) is 11.4 Å².